The minimum atomic E-state index is -0.584. The largest absolute Gasteiger partial charge is 0.490 e. The lowest BCUT2D eigenvalue weighted by molar-refractivity contribution is -0.145. The molecule has 2 aromatic carbocycles. The molecule has 1 aliphatic heterocycles. The minimum absolute atomic E-state index is 0.0818. The van der Waals surface area contributed by atoms with E-state index in [1.807, 2.05) is 0 Å². The Kier molecular flexibility index (Phi) is 7.76. The summed E-state index contributed by atoms with van der Waals surface area (Å²) in [4.78, 5) is 37.9. The summed E-state index contributed by atoms with van der Waals surface area (Å²) in [5.74, 6) is -0.325. The first-order valence-corrected chi connectivity index (χ1v) is 10.9. The van der Waals surface area contributed by atoms with E-state index < -0.39 is 17.9 Å². The van der Waals surface area contributed by atoms with Crippen molar-refractivity contribution < 1.29 is 28.6 Å². The molecular formula is C22H20BrClN2O6. The number of nitrogens with one attached hydrogen (secondary N) is 1. The zero-order valence-corrected chi connectivity index (χ0v) is 19.7. The highest BCUT2D eigenvalue weighted by Gasteiger charge is 2.35. The van der Waals surface area contributed by atoms with Crippen molar-refractivity contribution in [2.75, 3.05) is 24.7 Å². The Bertz CT molecular complexity index is 1090. The van der Waals surface area contributed by atoms with Gasteiger partial charge in [-0.1, -0.05) is 33.6 Å². The van der Waals surface area contributed by atoms with Crippen molar-refractivity contribution in [2.45, 2.75) is 13.8 Å². The number of rotatable bonds is 8. The van der Waals surface area contributed by atoms with E-state index in [0.29, 0.717) is 38.9 Å². The van der Waals surface area contributed by atoms with Crippen molar-refractivity contribution in [3.8, 4) is 11.5 Å². The monoisotopic (exact) mass is 522 g/mol. The van der Waals surface area contributed by atoms with Gasteiger partial charge in [-0.3, -0.25) is 4.79 Å². The number of anilines is 1. The van der Waals surface area contributed by atoms with Gasteiger partial charge in [-0.25, -0.2) is 14.5 Å². The summed E-state index contributed by atoms with van der Waals surface area (Å²) in [7, 11) is 0. The molecule has 0 aromatic heterocycles. The molecule has 0 atom stereocenters. The van der Waals surface area contributed by atoms with Gasteiger partial charge in [0, 0.05) is 9.50 Å². The van der Waals surface area contributed by atoms with Gasteiger partial charge in [0.25, 0.3) is 5.91 Å². The number of hydrogen-bond donors (Lipinski definition) is 1. The topological polar surface area (TPSA) is 94.2 Å². The number of hydrogen-bond acceptors (Lipinski definition) is 6. The van der Waals surface area contributed by atoms with E-state index in [2.05, 4.69) is 21.2 Å². The fourth-order valence-electron chi connectivity index (χ4n) is 2.92. The van der Waals surface area contributed by atoms with Gasteiger partial charge in [-0.2, -0.15) is 0 Å². The summed E-state index contributed by atoms with van der Waals surface area (Å²) in [6, 6.07) is 9.12. The van der Waals surface area contributed by atoms with Crippen LogP contribution >= 0.6 is 27.5 Å². The second-order valence-electron chi connectivity index (χ2n) is 6.46. The third kappa shape index (κ3) is 5.41. The number of amides is 3. The van der Waals surface area contributed by atoms with Gasteiger partial charge in [0.05, 0.1) is 18.9 Å². The maximum absolute atomic E-state index is 12.9. The fraction of sp³-hybridized carbons (Fsp3) is 0.227. The fourth-order valence-corrected chi connectivity index (χ4v) is 3.54. The number of esters is 1. The molecule has 168 valence electrons. The van der Waals surface area contributed by atoms with E-state index in [1.165, 1.54) is 12.1 Å². The average Bonchev–Trinajstić information content (AvgIpc) is 3.02. The zero-order chi connectivity index (χ0) is 23.3. The van der Waals surface area contributed by atoms with Crippen LogP contribution < -0.4 is 19.7 Å². The lowest BCUT2D eigenvalue weighted by atomic mass is 10.1. The molecule has 2 aromatic rings. The molecule has 1 N–H and O–H groups in total. The van der Waals surface area contributed by atoms with Crippen LogP contribution in [0.3, 0.4) is 0 Å². The first kappa shape index (κ1) is 23.6. The lowest BCUT2D eigenvalue weighted by Crippen LogP contribution is -2.30. The van der Waals surface area contributed by atoms with E-state index in [4.69, 9.17) is 25.8 Å². The summed E-state index contributed by atoms with van der Waals surface area (Å²) < 4.78 is 16.6. The van der Waals surface area contributed by atoms with Crippen LogP contribution in [0, 0.1) is 0 Å². The normalized spacial score (nSPS) is 14.5. The van der Waals surface area contributed by atoms with E-state index in [9.17, 15) is 14.4 Å². The molecule has 32 heavy (non-hydrogen) atoms. The molecule has 1 aliphatic rings. The Hall–Kier alpha value is -3.04. The van der Waals surface area contributed by atoms with Crippen molar-refractivity contribution in [3.63, 3.8) is 0 Å². The third-order valence-electron chi connectivity index (χ3n) is 4.26. The number of benzene rings is 2. The zero-order valence-electron chi connectivity index (χ0n) is 17.3. The Balaban J connectivity index is 1.89. The SMILES string of the molecule is CCOC(=O)COc1cc(Br)c(/C=C2/NC(=O)N(c3cccc(Cl)c3)C2=O)cc1OCC. The first-order chi connectivity index (χ1) is 15.3. The predicted molar refractivity (Wildman–Crippen MR) is 123 cm³/mol. The molecule has 10 heteroatoms. The van der Waals surface area contributed by atoms with Crippen LogP contribution in [-0.2, 0) is 14.3 Å². The Morgan fingerprint density at radius 1 is 1.12 bits per heavy atom. The van der Waals surface area contributed by atoms with Crippen LogP contribution in [0.4, 0.5) is 10.5 Å². The average molecular weight is 524 g/mol. The second kappa shape index (κ2) is 10.5. The number of imide groups is 1. The van der Waals surface area contributed by atoms with Crippen LogP contribution in [-0.4, -0.2) is 37.7 Å². The summed E-state index contributed by atoms with van der Waals surface area (Å²) >= 11 is 9.42. The van der Waals surface area contributed by atoms with Gasteiger partial charge in [0.1, 0.15) is 5.70 Å². The standard InChI is InChI=1S/C22H20BrClN2O6/c1-3-30-18-9-13(16(23)11-19(18)32-12-20(27)31-4-2)8-17-21(28)26(22(29)25-17)15-7-5-6-14(24)10-15/h5-11H,3-4,12H2,1-2H3,(H,25,29)/b17-8+. The molecule has 8 nitrogen and oxygen atoms in total. The van der Waals surface area contributed by atoms with Crippen LogP contribution in [0.1, 0.15) is 19.4 Å². The van der Waals surface area contributed by atoms with Crippen molar-refractivity contribution in [1.82, 2.24) is 5.32 Å². The molecule has 0 aliphatic carbocycles. The second-order valence-corrected chi connectivity index (χ2v) is 7.75. The van der Waals surface area contributed by atoms with Crippen molar-refractivity contribution in [1.29, 1.82) is 0 Å². The number of nitrogens with zero attached hydrogens (tertiary/aromatic N) is 1. The van der Waals surface area contributed by atoms with Crippen LogP contribution in [0.2, 0.25) is 5.02 Å². The lowest BCUT2D eigenvalue weighted by Gasteiger charge is -2.14. The number of carbonyl (C=O) groups is 3. The van der Waals surface area contributed by atoms with Gasteiger partial charge in [0.2, 0.25) is 0 Å². The maximum Gasteiger partial charge on any atom is 0.344 e. The number of ether oxygens (including phenoxy) is 3. The van der Waals surface area contributed by atoms with Gasteiger partial charge in [-0.05, 0) is 55.8 Å². The predicted octanol–water partition coefficient (Wildman–Crippen LogP) is 4.54. The molecule has 1 heterocycles. The van der Waals surface area contributed by atoms with E-state index in [1.54, 1.807) is 44.2 Å². The molecule has 0 spiro atoms. The van der Waals surface area contributed by atoms with Gasteiger partial charge >= 0.3 is 12.0 Å². The highest BCUT2D eigenvalue weighted by atomic mass is 79.9. The summed E-state index contributed by atoms with van der Waals surface area (Å²) in [5, 5.41) is 2.97. The van der Waals surface area contributed by atoms with Crippen molar-refractivity contribution in [2.24, 2.45) is 0 Å². The molecular weight excluding hydrogens is 504 g/mol. The number of carbonyl (C=O) groups excluding carboxylic acids is 3. The van der Waals surface area contributed by atoms with E-state index in [-0.39, 0.29) is 18.9 Å². The number of urea groups is 1. The van der Waals surface area contributed by atoms with Crippen molar-refractivity contribution >= 4 is 57.2 Å². The molecule has 1 fully saturated rings. The Morgan fingerprint density at radius 3 is 2.56 bits per heavy atom. The molecule has 0 saturated carbocycles. The molecule has 3 amide bonds. The van der Waals surface area contributed by atoms with E-state index >= 15 is 0 Å². The molecule has 0 bridgehead atoms. The van der Waals surface area contributed by atoms with Gasteiger partial charge in [-0.15, -0.1) is 0 Å². The smallest absolute Gasteiger partial charge is 0.344 e. The highest BCUT2D eigenvalue weighted by molar-refractivity contribution is 9.10. The van der Waals surface area contributed by atoms with Crippen molar-refractivity contribution in [3.05, 3.63) is 57.2 Å². The summed E-state index contributed by atoms with van der Waals surface area (Å²) in [6.07, 6.45) is 1.52. The molecule has 0 radical (unpaired) electrons. The van der Waals surface area contributed by atoms with Gasteiger partial charge < -0.3 is 19.5 Å². The van der Waals surface area contributed by atoms with Crippen LogP contribution in [0.5, 0.6) is 11.5 Å². The maximum atomic E-state index is 12.9. The quantitative estimate of drug-likeness (QED) is 0.310. The Morgan fingerprint density at radius 2 is 1.88 bits per heavy atom. The third-order valence-corrected chi connectivity index (χ3v) is 5.18. The summed E-state index contributed by atoms with van der Waals surface area (Å²) in [6.45, 7) is 3.84. The number of halogens is 2. The molecule has 1 saturated heterocycles. The van der Waals surface area contributed by atoms with Crippen LogP contribution in [0.15, 0.2) is 46.6 Å². The van der Waals surface area contributed by atoms with E-state index in [0.717, 1.165) is 4.90 Å². The first-order valence-electron chi connectivity index (χ1n) is 9.71. The summed E-state index contributed by atoms with van der Waals surface area (Å²) in [5.41, 5.74) is 1.01. The molecule has 3 rings (SSSR count). The van der Waals surface area contributed by atoms with Crippen LogP contribution in [0.25, 0.3) is 6.08 Å². The highest BCUT2D eigenvalue weighted by Crippen LogP contribution is 2.35. The minimum Gasteiger partial charge on any atom is -0.490 e. The Labute approximate surface area is 198 Å². The van der Waals surface area contributed by atoms with Gasteiger partial charge in [0.15, 0.2) is 18.1 Å². The molecule has 0 unspecified atom stereocenters.